The standard InChI is InChI=1S/C16H20N2O/c1-4-5-8-17-16(19)14-10-12(3)18-15-7-6-11(2)9-13(14)15/h6-7,9-10H,4-5,8H2,1-3H3,(H,17,19). The summed E-state index contributed by atoms with van der Waals surface area (Å²) in [4.78, 5) is 16.7. The molecule has 0 aliphatic heterocycles. The third-order valence-corrected chi connectivity index (χ3v) is 3.15. The molecule has 2 aromatic rings. The van der Waals surface area contributed by atoms with Gasteiger partial charge in [0, 0.05) is 17.6 Å². The number of aryl methyl sites for hydroxylation is 2. The van der Waals surface area contributed by atoms with E-state index in [1.54, 1.807) is 0 Å². The average Bonchev–Trinajstić information content (AvgIpc) is 2.38. The average molecular weight is 256 g/mol. The zero-order valence-electron chi connectivity index (χ0n) is 11.8. The third kappa shape index (κ3) is 3.11. The highest BCUT2D eigenvalue weighted by Crippen LogP contribution is 2.20. The molecule has 0 spiro atoms. The maximum atomic E-state index is 12.3. The number of carbonyl (C=O) groups is 1. The Morgan fingerprint density at radius 2 is 2.05 bits per heavy atom. The third-order valence-electron chi connectivity index (χ3n) is 3.15. The Bertz CT molecular complexity index is 605. The van der Waals surface area contributed by atoms with Gasteiger partial charge in [0.05, 0.1) is 11.1 Å². The second kappa shape index (κ2) is 5.83. The molecule has 0 aliphatic carbocycles. The van der Waals surface area contributed by atoms with Crippen LogP contribution in [0.3, 0.4) is 0 Å². The summed E-state index contributed by atoms with van der Waals surface area (Å²) < 4.78 is 0. The Morgan fingerprint density at radius 3 is 2.79 bits per heavy atom. The zero-order valence-corrected chi connectivity index (χ0v) is 11.8. The molecule has 0 aliphatic rings. The fourth-order valence-corrected chi connectivity index (χ4v) is 2.13. The van der Waals surface area contributed by atoms with E-state index in [2.05, 4.69) is 17.2 Å². The van der Waals surface area contributed by atoms with Gasteiger partial charge in [0.15, 0.2) is 0 Å². The molecule has 1 aromatic heterocycles. The van der Waals surface area contributed by atoms with Crippen molar-refractivity contribution in [3.63, 3.8) is 0 Å². The highest BCUT2D eigenvalue weighted by atomic mass is 16.1. The van der Waals surface area contributed by atoms with Gasteiger partial charge >= 0.3 is 0 Å². The number of pyridine rings is 1. The van der Waals surface area contributed by atoms with Crippen LogP contribution in [0.4, 0.5) is 0 Å². The van der Waals surface area contributed by atoms with Crippen molar-refractivity contribution >= 4 is 16.8 Å². The van der Waals surface area contributed by atoms with E-state index in [1.807, 2.05) is 38.1 Å². The van der Waals surface area contributed by atoms with Crippen LogP contribution in [0, 0.1) is 13.8 Å². The Balaban J connectivity index is 2.40. The summed E-state index contributed by atoms with van der Waals surface area (Å²) in [6, 6.07) is 7.88. The summed E-state index contributed by atoms with van der Waals surface area (Å²) in [6.45, 7) is 6.78. The second-order valence-electron chi connectivity index (χ2n) is 4.94. The lowest BCUT2D eigenvalue weighted by Gasteiger charge is -2.09. The van der Waals surface area contributed by atoms with E-state index in [4.69, 9.17) is 0 Å². The minimum atomic E-state index is -0.00505. The van der Waals surface area contributed by atoms with E-state index in [-0.39, 0.29) is 5.91 Å². The molecule has 0 atom stereocenters. The van der Waals surface area contributed by atoms with Crippen molar-refractivity contribution < 1.29 is 4.79 Å². The largest absolute Gasteiger partial charge is 0.352 e. The molecule has 19 heavy (non-hydrogen) atoms. The fourth-order valence-electron chi connectivity index (χ4n) is 2.13. The van der Waals surface area contributed by atoms with Gasteiger partial charge in [-0.3, -0.25) is 9.78 Å². The van der Waals surface area contributed by atoms with E-state index in [1.165, 1.54) is 0 Å². The predicted molar refractivity (Wildman–Crippen MR) is 78.5 cm³/mol. The highest BCUT2D eigenvalue weighted by Gasteiger charge is 2.11. The molecule has 1 N–H and O–H groups in total. The van der Waals surface area contributed by atoms with Crippen LogP contribution in [0.1, 0.15) is 41.4 Å². The Labute approximate surface area is 114 Å². The van der Waals surface area contributed by atoms with Gasteiger partial charge in [0.2, 0.25) is 0 Å². The summed E-state index contributed by atoms with van der Waals surface area (Å²) in [6.07, 6.45) is 2.09. The molecule has 3 heteroatoms. The first-order chi connectivity index (χ1) is 9.11. The molecule has 0 saturated carbocycles. The van der Waals surface area contributed by atoms with Crippen molar-refractivity contribution in [1.29, 1.82) is 0 Å². The first-order valence-electron chi connectivity index (χ1n) is 6.78. The van der Waals surface area contributed by atoms with Crippen molar-refractivity contribution in [2.45, 2.75) is 33.6 Å². The molecule has 0 radical (unpaired) electrons. The molecule has 0 bridgehead atoms. The summed E-state index contributed by atoms with van der Waals surface area (Å²) in [5, 5.41) is 3.90. The number of nitrogens with one attached hydrogen (secondary N) is 1. The number of amides is 1. The van der Waals surface area contributed by atoms with Crippen LogP contribution < -0.4 is 5.32 Å². The van der Waals surface area contributed by atoms with Crippen molar-refractivity contribution in [2.75, 3.05) is 6.54 Å². The number of aromatic nitrogens is 1. The summed E-state index contributed by atoms with van der Waals surface area (Å²) >= 11 is 0. The van der Waals surface area contributed by atoms with Gasteiger partial charge in [-0.1, -0.05) is 25.0 Å². The number of hydrogen-bond acceptors (Lipinski definition) is 2. The van der Waals surface area contributed by atoms with E-state index in [0.717, 1.165) is 47.1 Å². The molecule has 1 heterocycles. The van der Waals surface area contributed by atoms with Crippen molar-refractivity contribution in [3.05, 3.63) is 41.1 Å². The van der Waals surface area contributed by atoms with E-state index >= 15 is 0 Å². The van der Waals surface area contributed by atoms with E-state index in [0.29, 0.717) is 0 Å². The number of unbranched alkanes of at least 4 members (excludes halogenated alkanes) is 1. The monoisotopic (exact) mass is 256 g/mol. The molecule has 0 fully saturated rings. The Kier molecular flexibility index (Phi) is 4.15. The molecular formula is C16H20N2O. The molecule has 3 nitrogen and oxygen atoms in total. The highest BCUT2D eigenvalue weighted by molar-refractivity contribution is 6.06. The number of fused-ring (bicyclic) bond motifs is 1. The number of nitrogens with zero attached hydrogens (tertiary/aromatic N) is 1. The lowest BCUT2D eigenvalue weighted by atomic mass is 10.0. The number of carbonyl (C=O) groups excluding carboxylic acids is 1. The molecule has 0 unspecified atom stereocenters. The summed E-state index contributed by atoms with van der Waals surface area (Å²) in [5.74, 6) is -0.00505. The van der Waals surface area contributed by atoms with Gasteiger partial charge in [-0.25, -0.2) is 0 Å². The van der Waals surface area contributed by atoms with Crippen LogP contribution in [0.25, 0.3) is 10.9 Å². The Hall–Kier alpha value is -1.90. The maximum absolute atomic E-state index is 12.3. The zero-order chi connectivity index (χ0) is 13.8. The lowest BCUT2D eigenvalue weighted by Crippen LogP contribution is -2.24. The lowest BCUT2D eigenvalue weighted by molar-refractivity contribution is 0.0954. The topological polar surface area (TPSA) is 42.0 Å². The van der Waals surface area contributed by atoms with Crippen molar-refractivity contribution in [1.82, 2.24) is 10.3 Å². The van der Waals surface area contributed by atoms with Crippen LogP contribution in [0.15, 0.2) is 24.3 Å². The van der Waals surface area contributed by atoms with E-state index < -0.39 is 0 Å². The molecule has 100 valence electrons. The quantitative estimate of drug-likeness (QED) is 0.852. The van der Waals surface area contributed by atoms with Crippen molar-refractivity contribution in [3.8, 4) is 0 Å². The van der Waals surface area contributed by atoms with Crippen LogP contribution in [0.2, 0.25) is 0 Å². The van der Waals surface area contributed by atoms with Gasteiger partial charge in [0.25, 0.3) is 5.91 Å². The minimum Gasteiger partial charge on any atom is -0.352 e. The van der Waals surface area contributed by atoms with Gasteiger partial charge < -0.3 is 5.32 Å². The Morgan fingerprint density at radius 1 is 1.26 bits per heavy atom. The molecule has 1 amide bonds. The number of rotatable bonds is 4. The number of benzene rings is 1. The maximum Gasteiger partial charge on any atom is 0.252 e. The fraction of sp³-hybridized carbons (Fsp3) is 0.375. The van der Waals surface area contributed by atoms with Crippen LogP contribution >= 0.6 is 0 Å². The SMILES string of the molecule is CCCCNC(=O)c1cc(C)nc2ccc(C)cc12. The minimum absolute atomic E-state index is 0.00505. The second-order valence-corrected chi connectivity index (χ2v) is 4.94. The smallest absolute Gasteiger partial charge is 0.252 e. The first-order valence-corrected chi connectivity index (χ1v) is 6.78. The van der Waals surface area contributed by atoms with Crippen LogP contribution in [-0.2, 0) is 0 Å². The molecular weight excluding hydrogens is 236 g/mol. The predicted octanol–water partition coefficient (Wildman–Crippen LogP) is 3.38. The van der Waals surface area contributed by atoms with E-state index in [9.17, 15) is 4.79 Å². The first kappa shape index (κ1) is 13.5. The summed E-state index contributed by atoms with van der Waals surface area (Å²) in [5.41, 5.74) is 3.62. The van der Waals surface area contributed by atoms with Gasteiger partial charge in [0.1, 0.15) is 0 Å². The molecule has 0 saturated heterocycles. The van der Waals surface area contributed by atoms with Gasteiger partial charge in [-0.2, -0.15) is 0 Å². The van der Waals surface area contributed by atoms with Crippen molar-refractivity contribution in [2.24, 2.45) is 0 Å². The summed E-state index contributed by atoms with van der Waals surface area (Å²) in [7, 11) is 0. The number of hydrogen-bond donors (Lipinski definition) is 1. The van der Waals surface area contributed by atoms with Gasteiger partial charge in [-0.05, 0) is 38.5 Å². The molecule has 2 rings (SSSR count). The normalized spacial score (nSPS) is 10.7. The van der Waals surface area contributed by atoms with Crippen LogP contribution in [-0.4, -0.2) is 17.4 Å². The van der Waals surface area contributed by atoms with Crippen LogP contribution in [0.5, 0.6) is 0 Å². The van der Waals surface area contributed by atoms with Gasteiger partial charge in [-0.15, -0.1) is 0 Å². The molecule has 1 aromatic carbocycles.